The number of nitrogens with zero attached hydrogens (tertiary/aromatic N) is 1. The van der Waals surface area contributed by atoms with E-state index >= 15 is 0 Å². The van der Waals surface area contributed by atoms with Gasteiger partial charge in [-0.2, -0.15) is 0 Å². The molecule has 0 aliphatic carbocycles. The van der Waals surface area contributed by atoms with Crippen LogP contribution in [0.25, 0.3) is 0 Å². The molecule has 5 heteroatoms. The topological polar surface area (TPSA) is 55.8 Å². The molecular formula is C15H29NO4. The van der Waals surface area contributed by atoms with Crippen LogP contribution in [0, 0.1) is 11.8 Å². The predicted octanol–water partition coefficient (Wildman–Crippen LogP) is 2.10. The standard InChI is InChI=1S/C15H29NO4/c1-6-8-19-9-10-20-15(18)12(3)11-13(7-2)14(17)16(4)5/h12-13H,6-11H2,1-5H3. The zero-order chi connectivity index (χ0) is 15.5. The summed E-state index contributed by atoms with van der Waals surface area (Å²) in [5, 5.41) is 0. The molecule has 0 aromatic carbocycles. The first kappa shape index (κ1) is 18.9. The van der Waals surface area contributed by atoms with Gasteiger partial charge >= 0.3 is 5.97 Å². The van der Waals surface area contributed by atoms with Crippen molar-refractivity contribution in [3.05, 3.63) is 0 Å². The summed E-state index contributed by atoms with van der Waals surface area (Å²) in [6.07, 6.45) is 2.21. The van der Waals surface area contributed by atoms with E-state index in [0.29, 0.717) is 19.6 Å². The zero-order valence-electron chi connectivity index (χ0n) is 13.5. The van der Waals surface area contributed by atoms with Crippen molar-refractivity contribution in [3.8, 4) is 0 Å². The summed E-state index contributed by atoms with van der Waals surface area (Å²) >= 11 is 0. The zero-order valence-corrected chi connectivity index (χ0v) is 13.5. The highest BCUT2D eigenvalue weighted by molar-refractivity contribution is 5.79. The van der Waals surface area contributed by atoms with Crippen molar-refractivity contribution < 1.29 is 19.1 Å². The first-order chi connectivity index (χ1) is 9.43. The van der Waals surface area contributed by atoms with Crippen molar-refractivity contribution in [1.82, 2.24) is 4.90 Å². The van der Waals surface area contributed by atoms with E-state index in [-0.39, 0.29) is 30.3 Å². The largest absolute Gasteiger partial charge is 0.463 e. The van der Waals surface area contributed by atoms with Gasteiger partial charge in [0.05, 0.1) is 12.5 Å². The van der Waals surface area contributed by atoms with Gasteiger partial charge in [0.1, 0.15) is 6.61 Å². The Balaban J connectivity index is 4.07. The molecule has 0 aromatic heterocycles. The number of carbonyl (C=O) groups excluding carboxylic acids is 2. The van der Waals surface area contributed by atoms with Crippen LogP contribution in [0.2, 0.25) is 0 Å². The number of hydrogen-bond donors (Lipinski definition) is 0. The van der Waals surface area contributed by atoms with Gasteiger partial charge in [-0.1, -0.05) is 20.8 Å². The Labute approximate surface area is 122 Å². The van der Waals surface area contributed by atoms with Gasteiger partial charge in [-0.15, -0.1) is 0 Å². The molecule has 0 spiro atoms. The van der Waals surface area contributed by atoms with E-state index in [0.717, 1.165) is 12.8 Å². The summed E-state index contributed by atoms with van der Waals surface area (Å²) < 4.78 is 10.4. The van der Waals surface area contributed by atoms with Crippen LogP contribution in [-0.2, 0) is 19.1 Å². The molecule has 5 nitrogen and oxygen atoms in total. The van der Waals surface area contributed by atoms with E-state index < -0.39 is 0 Å². The molecule has 2 atom stereocenters. The monoisotopic (exact) mass is 287 g/mol. The third-order valence-electron chi connectivity index (χ3n) is 3.14. The SMILES string of the molecule is CCCOCCOC(=O)C(C)CC(CC)C(=O)N(C)C. The lowest BCUT2D eigenvalue weighted by atomic mass is 9.92. The highest BCUT2D eigenvalue weighted by Crippen LogP contribution is 2.18. The first-order valence-corrected chi connectivity index (χ1v) is 7.39. The molecule has 0 heterocycles. The Kier molecular flexibility index (Phi) is 10.1. The minimum atomic E-state index is -0.268. The van der Waals surface area contributed by atoms with E-state index in [1.165, 1.54) is 0 Å². The molecule has 0 fully saturated rings. The molecule has 0 aliphatic rings. The van der Waals surface area contributed by atoms with Crippen LogP contribution in [0.15, 0.2) is 0 Å². The molecule has 0 aliphatic heterocycles. The molecule has 0 radical (unpaired) electrons. The average molecular weight is 287 g/mol. The fourth-order valence-corrected chi connectivity index (χ4v) is 1.92. The smallest absolute Gasteiger partial charge is 0.308 e. The number of esters is 1. The number of hydrogen-bond acceptors (Lipinski definition) is 4. The molecule has 0 aromatic rings. The van der Waals surface area contributed by atoms with Gasteiger partial charge in [0.2, 0.25) is 5.91 Å². The van der Waals surface area contributed by atoms with Gasteiger partial charge in [-0.3, -0.25) is 9.59 Å². The molecule has 0 N–H and O–H groups in total. The molecule has 118 valence electrons. The minimum Gasteiger partial charge on any atom is -0.463 e. The fourth-order valence-electron chi connectivity index (χ4n) is 1.92. The van der Waals surface area contributed by atoms with Gasteiger partial charge in [0.25, 0.3) is 0 Å². The normalized spacial score (nSPS) is 13.7. The van der Waals surface area contributed by atoms with Crippen molar-refractivity contribution >= 4 is 11.9 Å². The fraction of sp³-hybridized carbons (Fsp3) is 0.867. The molecule has 2 unspecified atom stereocenters. The van der Waals surface area contributed by atoms with E-state index in [4.69, 9.17) is 9.47 Å². The quantitative estimate of drug-likeness (QED) is 0.456. The van der Waals surface area contributed by atoms with Crippen molar-refractivity contribution in [2.24, 2.45) is 11.8 Å². The van der Waals surface area contributed by atoms with Crippen LogP contribution in [0.3, 0.4) is 0 Å². The number of amides is 1. The van der Waals surface area contributed by atoms with Crippen molar-refractivity contribution in [2.75, 3.05) is 33.9 Å². The van der Waals surface area contributed by atoms with E-state index in [2.05, 4.69) is 0 Å². The second-order valence-corrected chi connectivity index (χ2v) is 5.25. The van der Waals surface area contributed by atoms with Crippen LogP contribution in [0.5, 0.6) is 0 Å². The van der Waals surface area contributed by atoms with Gasteiger partial charge in [0.15, 0.2) is 0 Å². The van der Waals surface area contributed by atoms with Gasteiger partial charge in [0, 0.05) is 26.6 Å². The second kappa shape index (κ2) is 10.7. The summed E-state index contributed by atoms with van der Waals surface area (Å²) in [4.78, 5) is 25.3. The maximum atomic E-state index is 11.9. The van der Waals surface area contributed by atoms with Crippen LogP contribution in [-0.4, -0.2) is 50.7 Å². The number of rotatable bonds is 10. The predicted molar refractivity (Wildman–Crippen MR) is 78.3 cm³/mol. The van der Waals surface area contributed by atoms with Crippen molar-refractivity contribution in [2.45, 2.75) is 40.0 Å². The van der Waals surface area contributed by atoms with Gasteiger partial charge in [-0.25, -0.2) is 0 Å². The minimum absolute atomic E-state index is 0.0680. The highest BCUT2D eigenvalue weighted by Gasteiger charge is 2.25. The Bertz CT molecular complexity index is 292. The lowest BCUT2D eigenvalue weighted by Gasteiger charge is -2.21. The van der Waals surface area contributed by atoms with Crippen molar-refractivity contribution in [3.63, 3.8) is 0 Å². The van der Waals surface area contributed by atoms with Crippen LogP contribution in [0.1, 0.15) is 40.0 Å². The average Bonchev–Trinajstić information content (AvgIpc) is 2.43. The summed E-state index contributed by atoms with van der Waals surface area (Å²) in [5.74, 6) is -0.576. The molecule has 0 rings (SSSR count). The van der Waals surface area contributed by atoms with Gasteiger partial charge < -0.3 is 14.4 Å². The Morgan fingerprint density at radius 2 is 1.75 bits per heavy atom. The van der Waals surface area contributed by atoms with E-state index in [9.17, 15) is 9.59 Å². The maximum Gasteiger partial charge on any atom is 0.308 e. The highest BCUT2D eigenvalue weighted by atomic mass is 16.6. The molecule has 0 saturated heterocycles. The summed E-state index contributed by atoms with van der Waals surface area (Å²) in [7, 11) is 3.47. The lowest BCUT2D eigenvalue weighted by Crippen LogP contribution is -2.32. The summed E-state index contributed by atoms with van der Waals surface area (Å²) in [5.41, 5.74) is 0. The first-order valence-electron chi connectivity index (χ1n) is 7.39. The Morgan fingerprint density at radius 1 is 1.10 bits per heavy atom. The molecule has 0 saturated carbocycles. The summed E-state index contributed by atoms with van der Waals surface area (Å²) in [6, 6.07) is 0. The third-order valence-corrected chi connectivity index (χ3v) is 3.14. The number of ether oxygens (including phenoxy) is 2. The van der Waals surface area contributed by atoms with Crippen LogP contribution in [0.4, 0.5) is 0 Å². The molecule has 0 bridgehead atoms. The van der Waals surface area contributed by atoms with Crippen LogP contribution < -0.4 is 0 Å². The maximum absolute atomic E-state index is 11.9. The van der Waals surface area contributed by atoms with Crippen molar-refractivity contribution in [1.29, 1.82) is 0 Å². The summed E-state index contributed by atoms with van der Waals surface area (Å²) in [6.45, 7) is 7.19. The molecule has 1 amide bonds. The molecule has 20 heavy (non-hydrogen) atoms. The number of carbonyl (C=O) groups is 2. The lowest BCUT2D eigenvalue weighted by molar-refractivity contribution is -0.150. The molecular weight excluding hydrogens is 258 g/mol. The van der Waals surface area contributed by atoms with E-state index in [1.807, 2.05) is 13.8 Å². The van der Waals surface area contributed by atoms with E-state index in [1.54, 1.807) is 25.9 Å². The van der Waals surface area contributed by atoms with Crippen LogP contribution >= 0.6 is 0 Å². The second-order valence-electron chi connectivity index (χ2n) is 5.25. The van der Waals surface area contributed by atoms with Gasteiger partial charge in [-0.05, 0) is 19.3 Å². The Morgan fingerprint density at radius 3 is 2.25 bits per heavy atom. The third kappa shape index (κ3) is 7.48. The Hall–Kier alpha value is -1.10.